The van der Waals surface area contributed by atoms with E-state index in [0.29, 0.717) is 6.42 Å². The second kappa shape index (κ2) is 32.7. The Bertz CT molecular complexity index is 2030. The van der Waals surface area contributed by atoms with E-state index >= 15 is 0 Å². The van der Waals surface area contributed by atoms with Gasteiger partial charge in [-0.25, -0.2) is 4.18 Å². The predicted octanol–water partition coefficient (Wildman–Crippen LogP) is -3.54. The second-order valence-electron chi connectivity index (χ2n) is 19.7. The molecule has 4 amide bonds. The highest BCUT2D eigenvalue weighted by molar-refractivity contribution is 7.80. The molecule has 4 aliphatic rings. The fraction of sp³-hybridized carbons (Fsp3) is 0.854. The molecule has 450 valence electrons. The lowest BCUT2D eigenvalue weighted by Gasteiger charge is -2.51. The fourth-order valence-corrected chi connectivity index (χ4v) is 9.83. The average molecular weight is 1150 g/mol. The number of ether oxygens (including phenoxy) is 8. The third kappa shape index (κ3) is 20.4. The summed E-state index contributed by atoms with van der Waals surface area (Å²) in [6.45, 7) is 2.66. The topological polar surface area (TPSA) is 433 Å². The minimum absolute atomic E-state index is 0.00649. The van der Waals surface area contributed by atoms with Gasteiger partial charge in [-0.1, -0.05) is 57.6 Å². The number of carbonyl (C=O) groups excluding carboxylic acids is 5. The van der Waals surface area contributed by atoms with Crippen LogP contribution in [-0.4, -0.2) is 232 Å². The Labute approximate surface area is 452 Å². The van der Waals surface area contributed by atoms with Gasteiger partial charge in [-0.05, 0) is 32.1 Å². The molecule has 0 aromatic carbocycles. The van der Waals surface area contributed by atoms with Crippen molar-refractivity contribution in [2.24, 2.45) is 0 Å². The number of allylic oxidation sites excluding steroid dienone is 2. The van der Waals surface area contributed by atoms with Crippen LogP contribution in [0.5, 0.6) is 0 Å². The number of rotatable bonds is 30. The summed E-state index contributed by atoms with van der Waals surface area (Å²) in [6.07, 6.45) is -13.9. The van der Waals surface area contributed by atoms with Crippen molar-refractivity contribution < 1.29 is 120 Å². The first-order valence-corrected chi connectivity index (χ1v) is 27.7. The lowest BCUT2D eigenvalue weighted by molar-refractivity contribution is -0.361. The summed E-state index contributed by atoms with van der Waals surface area (Å²) in [5, 5.41) is 99.5. The molecule has 4 fully saturated rings. The maximum absolute atomic E-state index is 13.4. The zero-order valence-corrected chi connectivity index (χ0v) is 45.3. The van der Waals surface area contributed by atoms with Gasteiger partial charge in [0.25, 0.3) is 0 Å². The molecule has 0 radical (unpaired) electrons. The molecule has 4 heterocycles. The summed E-state index contributed by atoms with van der Waals surface area (Å²) in [7, 11) is -5.16. The number of unbranched alkanes of at least 4 members (excludes halogenated alkanes) is 9. The van der Waals surface area contributed by atoms with E-state index in [2.05, 4.69) is 44.5 Å². The van der Waals surface area contributed by atoms with Crippen molar-refractivity contribution in [3.05, 3.63) is 12.2 Å². The monoisotopic (exact) mass is 1150 g/mol. The highest BCUT2D eigenvalue weighted by Crippen LogP contribution is 2.35. The summed E-state index contributed by atoms with van der Waals surface area (Å²) in [6, 6.07) is -6.66. The molecule has 20 atom stereocenters. The number of aliphatic hydroxyl groups excluding tert-OH is 8. The predicted molar refractivity (Wildman–Crippen MR) is 265 cm³/mol. The first kappa shape index (κ1) is 66.9. The molecule has 0 spiro atoms. The van der Waals surface area contributed by atoms with Gasteiger partial charge in [0.15, 0.2) is 25.2 Å². The van der Waals surface area contributed by atoms with Crippen molar-refractivity contribution in [1.82, 2.24) is 21.3 Å². The second-order valence-corrected chi connectivity index (χ2v) is 20.8. The van der Waals surface area contributed by atoms with Crippen LogP contribution in [0.25, 0.3) is 0 Å². The Morgan fingerprint density at radius 3 is 1.40 bits per heavy atom. The quantitative estimate of drug-likeness (QED) is 0.0143. The molecule has 78 heavy (non-hydrogen) atoms. The van der Waals surface area contributed by atoms with Crippen LogP contribution in [-0.2, 0) is 76.4 Å². The van der Waals surface area contributed by atoms with Crippen molar-refractivity contribution in [3.8, 4) is 0 Å². The van der Waals surface area contributed by atoms with Gasteiger partial charge in [-0.3, -0.25) is 28.5 Å². The van der Waals surface area contributed by atoms with Gasteiger partial charge < -0.3 is 100 Å². The molecule has 0 aromatic heterocycles. The first-order valence-electron chi connectivity index (χ1n) is 26.3. The van der Waals surface area contributed by atoms with Crippen LogP contribution in [0.1, 0.15) is 112 Å². The van der Waals surface area contributed by atoms with Crippen molar-refractivity contribution in [2.75, 3.05) is 26.4 Å². The van der Waals surface area contributed by atoms with Crippen molar-refractivity contribution in [1.29, 1.82) is 0 Å². The van der Waals surface area contributed by atoms with Gasteiger partial charge in [0, 0.05) is 34.1 Å². The van der Waals surface area contributed by atoms with Gasteiger partial charge in [0.05, 0.1) is 19.8 Å². The van der Waals surface area contributed by atoms with Crippen molar-refractivity contribution in [3.63, 3.8) is 0 Å². The van der Waals surface area contributed by atoms with Crippen LogP contribution < -0.4 is 21.3 Å². The Kier molecular flexibility index (Phi) is 28.0. The van der Waals surface area contributed by atoms with Gasteiger partial charge in [0.2, 0.25) is 23.6 Å². The van der Waals surface area contributed by atoms with E-state index in [1.807, 2.05) is 0 Å². The Hall–Kier alpha value is -3.64. The molecule has 0 aliphatic carbocycles. The number of hydrogen-bond donors (Lipinski definition) is 13. The number of esters is 1. The first-order chi connectivity index (χ1) is 36.9. The fourth-order valence-electron chi connectivity index (χ4n) is 9.52. The number of carbonyl (C=O) groups is 5. The van der Waals surface area contributed by atoms with Crippen LogP contribution in [0.2, 0.25) is 0 Å². The van der Waals surface area contributed by atoms with E-state index in [1.54, 1.807) is 0 Å². The third-order valence-corrected chi connectivity index (χ3v) is 13.8. The molecular weight excluding hydrogens is 1060 g/mol. The largest absolute Gasteiger partial charge is 0.463 e. The van der Waals surface area contributed by atoms with E-state index in [9.17, 15) is 77.8 Å². The lowest BCUT2D eigenvalue weighted by Crippen LogP contribution is -2.71. The molecule has 4 saturated heterocycles. The summed E-state index contributed by atoms with van der Waals surface area (Å²) in [5.41, 5.74) is 0. The van der Waals surface area contributed by atoms with E-state index in [0.717, 1.165) is 66.2 Å². The van der Waals surface area contributed by atoms with Crippen LogP contribution in [0.4, 0.5) is 0 Å². The summed E-state index contributed by atoms with van der Waals surface area (Å²) >= 11 is 0. The van der Waals surface area contributed by atoms with E-state index in [4.69, 9.17) is 37.9 Å². The highest BCUT2D eigenvalue weighted by atomic mass is 32.3. The summed E-state index contributed by atoms with van der Waals surface area (Å²) in [5.74, 6) is -3.72. The van der Waals surface area contributed by atoms with Crippen LogP contribution in [0, 0.1) is 0 Å². The van der Waals surface area contributed by atoms with Gasteiger partial charge in [-0.2, -0.15) is 8.42 Å². The summed E-state index contributed by atoms with van der Waals surface area (Å²) < 4.78 is 83.3. The lowest BCUT2D eigenvalue weighted by atomic mass is 9.93. The normalized spacial score (nSPS) is 35.4. The van der Waals surface area contributed by atoms with Crippen LogP contribution in [0.3, 0.4) is 0 Å². The maximum Gasteiger partial charge on any atom is 0.397 e. The zero-order chi connectivity index (χ0) is 57.9. The summed E-state index contributed by atoms with van der Waals surface area (Å²) in [4.78, 5) is 62.5. The maximum atomic E-state index is 13.4. The van der Waals surface area contributed by atoms with Gasteiger partial charge in [-0.15, -0.1) is 0 Å². The minimum Gasteiger partial charge on any atom is -0.463 e. The van der Waals surface area contributed by atoms with Crippen LogP contribution >= 0.6 is 0 Å². The van der Waals surface area contributed by atoms with Crippen molar-refractivity contribution in [2.45, 2.75) is 234 Å². The molecule has 13 N–H and O–H groups in total. The molecule has 4 rings (SSSR count). The standard InChI is InChI=1S/C48H82N4O25S/c1-6-7-8-9-10-11-12-13-14-15-16-17-18-19-32(59)52-34-38(61)37(60)30(22-69-27(5)58)74-46(34)75-42-28(20-53)72-47(35(40(42)63)50-25(3)56)76-43-29(21-54)73-48(36(41(43)64)51-26(4)57)77-44-31(23-70-78(66,67)68)71-45(65)33(39(44)62)49-24(2)55/h11-12,28-31,33-48,53-54,60-65H,6-10,13-23H2,1-5H3,(H,49,55)(H,50,56)(H,51,57)(H,52,59)(H,66,67,68)/b12-11-/t28?,29?,30?,31?,33-,34-,35-,36-,37+,38+,39+,40+,41+,42+,43+,44+,45?,46?,47?,48?/m0/s1. The SMILES string of the molecule is CCCCCC/C=C\CCCCCCCC(=O)N[C@@H]1C(O[C@@H]2C(CO)OC(O[C@@H]3C(CO)OC(O[C@@H]4C(COS(=O)(=O)O)OC(O)[C@@H](NC(C)=O)[C@H]4O)[C@@H](NC(C)=O)[C@H]3O)[C@@H](NC(C)=O)[C@H]2O)OC(COC(C)=O)[C@@H](O)[C@@H]1O. The van der Waals surface area contributed by atoms with E-state index in [1.165, 1.54) is 25.7 Å². The van der Waals surface area contributed by atoms with E-state index < -0.39 is 189 Å². The highest BCUT2D eigenvalue weighted by Gasteiger charge is 2.56. The van der Waals surface area contributed by atoms with Gasteiger partial charge in [0.1, 0.15) is 104 Å². The Morgan fingerprint density at radius 1 is 0.513 bits per heavy atom. The number of hydrogen-bond acceptors (Lipinski definition) is 24. The van der Waals surface area contributed by atoms with Crippen LogP contribution in [0.15, 0.2) is 12.2 Å². The number of nitrogens with one attached hydrogen (secondary N) is 4. The number of aliphatic hydroxyl groups is 8. The molecule has 8 unspecified atom stereocenters. The number of amides is 4. The molecule has 0 saturated carbocycles. The molecule has 30 heteroatoms. The Balaban J connectivity index is 1.54. The minimum atomic E-state index is -5.16. The Morgan fingerprint density at radius 2 is 0.936 bits per heavy atom. The molecule has 0 bridgehead atoms. The smallest absolute Gasteiger partial charge is 0.397 e. The molecule has 0 aromatic rings. The third-order valence-electron chi connectivity index (χ3n) is 13.4. The zero-order valence-electron chi connectivity index (χ0n) is 44.5. The molecular formula is C48H82N4O25S. The average Bonchev–Trinajstić information content (AvgIpc) is 3.43. The van der Waals surface area contributed by atoms with Crippen molar-refractivity contribution >= 4 is 40.0 Å². The molecule has 4 aliphatic heterocycles. The van der Waals surface area contributed by atoms with E-state index in [-0.39, 0.29) is 6.42 Å². The van der Waals surface area contributed by atoms with Gasteiger partial charge >= 0.3 is 16.4 Å². The molecule has 29 nitrogen and oxygen atoms in total.